The molecule has 0 bridgehead atoms. The van der Waals surface area contributed by atoms with E-state index in [1.807, 2.05) is 0 Å². The van der Waals surface area contributed by atoms with Gasteiger partial charge < -0.3 is 10.2 Å². The first kappa shape index (κ1) is 23.6. The van der Waals surface area contributed by atoms with Crippen molar-refractivity contribution in [1.29, 1.82) is 0 Å². The zero-order valence-electron chi connectivity index (χ0n) is 21.1. The van der Waals surface area contributed by atoms with E-state index in [4.69, 9.17) is 0 Å². The Labute approximate surface area is 191 Å². The number of allylic oxidation sites excluding steroid dienone is 2. The Morgan fingerprint density at radius 3 is 2.42 bits per heavy atom. The van der Waals surface area contributed by atoms with Crippen LogP contribution in [0.3, 0.4) is 0 Å². The van der Waals surface area contributed by atoms with Gasteiger partial charge in [0.15, 0.2) is 0 Å². The monoisotopic (exact) mass is 428 g/mol. The zero-order valence-corrected chi connectivity index (χ0v) is 21.1. The quantitative estimate of drug-likeness (QED) is 0.460. The van der Waals surface area contributed by atoms with E-state index in [1.165, 1.54) is 37.7 Å². The van der Waals surface area contributed by atoms with Gasteiger partial charge in [-0.2, -0.15) is 0 Å². The summed E-state index contributed by atoms with van der Waals surface area (Å²) in [4.78, 5) is 0. The third-order valence-corrected chi connectivity index (χ3v) is 11.3. The third-order valence-electron chi connectivity index (χ3n) is 11.3. The maximum absolute atomic E-state index is 11.3. The summed E-state index contributed by atoms with van der Waals surface area (Å²) >= 11 is 0. The van der Waals surface area contributed by atoms with Gasteiger partial charge in [-0.3, -0.25) is 0 Å². The molecule has 0 radical (unpaired) electrons. The highest BCUT2D eigenvalue weighted by molar-refractivity contribution is 5.39. The van der Waals surface area contributed by atoms with Crippen LogP contribution < -0.4 is 0 Å². The van der Waals surface area contributed by atoms with Crippen LogP contribution >= 0.6 is 0 Å². The second-order valence-corrected chi connectivity index (χ2v) is 12.9. The maximum Gasteiger partial charge on any atom is 0.0615 e. The van der Waals surface area contributed by atoms with Crippen LogP contribution in [0.5, 0.6) is 0 Å². The van der Waals surface area contributed by atoms with Crippen molar-refractivity contribution in [2.75, 3.05) is 0 Å². The van der Waals surface area contributed by atoms with Crippen LogP contribution in [-0.2, 0) is 0 Å². The topological polar surface area (TPSA) is 40.5 Å². The van der Waals surface area contributed by atoms with E-state index in [9.17, 15) is 10.2 Å². The zero-order chi connectivity index (χ0) is 22.8. The lowest BCUT2D eigenvalue weighted by Crippen LogP contribution is -2.53. The largest absolute Gasteiger partial charge is 0.393 e. The van der Waals surface area contributed by atoms with Gasteiger partial charge in [-0.05, 0) is 104 Å². The number of hydrogen-bond acceptors (Lipinski definition) is 2. The molecule has 2 fully saturated rings. The summed E-state index contributed by atoms with van der Waals surface area (Å²) in [7, 11) is 0. The van der Waals surface area contributed by atoms with E-state index in [2.05, 4.69) is 48.1 Å². The molecule has 8 unspecified atom stereocenters. The molecule has 0 aromatic rings. The summed E-state index contributed by atoms with van der Waals surface area (Å²) in [5.41, 5.74) is 5.37. The molecule has 2 nitrogen and oxygen atoms in total. The standard InChI is InChI=1S/C29H48O2/c1-18(2)19(3)8-9-20(4)22-11-14-29(7)24-17-26(31)25-16-21(30)10-13-27(25,5)23(24)12-15-28(22,29)6/h18,20-22,25-26,30-31H,3,8-17H2,1-2,4-7H3. The molecule has 2 N–H and O–H groups in total. The third kappa shape index (κ3) is 3.50. The molecule has 4 aliphatic rings. The Kier molecular flexibility index (Phi) is 6.09. The van der Waals surface area contributed by atoms with Crippen molar-refractivity contribution < 1.29 is 10.2 Å². The SMILES string of the molecule is C=C(CCC(C)C1CCC2(C)C3=C(CCC12C)C1(C)CCC(O)CC1C(O)C3)C(C)C. The van der Waals surface area contributed by atoms with Gasteiger partial charge in [-0.1, -0.05) is 64.8 Å². The van der Waals surface area contributed by atoms with Crippen LogP contribution in [-0.4, -0.2) is 22.4 Å². The maximum atomic E-state index is 11.3. The van der Waals surface area contributed by atoms with Gasteiger partial charge in [0.05, 0.1) is 12.2 Å². The molecule has 0 saturated heterocycles. The highest BCUT2D eigenvalue weighted by atomic mass is 16.3. The number of aliphatic hydroxyl groups excluding tert-OH is 2. The number of rotatable bonds is 5. The molecule has 2 saturated carbocycles. The summed E-state index contributed by atoms with van der Waals surface area (Å²) in [6.45, 7) is 18.9. The van der Waals surface area contributed by atoms with Gasteiger partial charge in [0.1, 0.15) is 0 Å². The molecule has 0 aromatic carbocycles. The lowest BCUT2D eigenvalue weighted by Gasteiger charge is -2.59. The molecular formula is C29H48O2. The first-order valence-electron chi connectivity index (χ1n) is 13.2. The number of fused-ring (bicyclic) bond motifs is 4. The molecule has 0 spiro atoms. The lowest BCUT2D eigenvalue weighted by atomic mass is 9.46. The summed E-state index contributed by atoms with van der Waals surface area (Å²) in [5.74, 6) is 2.32. The lowest BCUT2D eigenvalue weighted by molar-refractivity contribution is -0.0606. The molecule has 0 aliphatic heterocycles. The molecule has 176 valence electrons. The van der Waals surface area contributed by atoms with Crippen molar-refractivity contribution in [2.24, 2.45) is 39.9 Å². The molecular weight excluding hydrogens is 380 g/mol. The minimum atomic E-state index is -0.288. The van der Waals surface area contributed by atoms with Crippen LogP contribution in [0.25, 0.3) is 0 Å². The van der Waals surface area contributed by atoms with Gasteiger partial charge in [0.2, 0.25) is 0 Å². The average Bonchev–Trinajstić information content (AvgIpc) is 2.99. The molecule has 31 heavy (non-hydrogen) atoms. The Hall–Kier alpha value is -0.600. The van der Waals surface area contributed by atoms with Gasteiger partial charge in [-0.15, -0.1) is 0 Å². The smallest absolute Gasteiger partial charge is 0.0615 e. The van der Waals surface area contributed by atoms with Crippen molar-refractivity contribution in [2.45, 2.75) is 118 Å². The summed E-state index contributed by atoms with van der Waals surface area (Å²) in [5, 5.41) is 21.6. The Bertz CT molecular complexity index is 750. The normalized spacial score (nSPS) is 45.8. The minimum Gasteiger partial charge on any atom is -0.393 e. The van der Waals surface area contributed by atoms with Crippen molar-refractivity contribution in [3.8, 4) is 0 Å². The summed E-state index contributed by atoms with van der Waals surface area (Å²) in [6.07, 6.45) is 10.6. The van der Waals surface area contributed by atoms with Crippen LogP contribution in [0, 0.1) is 39.9 Å². The van der Waals surface area contributed by atoms with Gasteiger partial charge >= 0.3 is 0 Å². The summed E-state index contributed by atoms with van der Waals surface area (Å²) < 4.78 is 0. The number of aliphatic hydroxyl groups is 2. The highest BCUT2D eigenvalue weighted by Crippen LogP contribution is 2.71. The van der Waals surface area contributed by atoms with Gasteiger partial charge in [0.25, 0.3) is 0 Å². The predicted molar refractivity (Wildman–Crippen MR) is 130 cm³/mol. The minimum absolute atomic E-state index is 0.0925. The second kappa shape index (κ2) is 8.01. The van der Waals surface area contributed by atoms with Gasteiger partial charge in [-0.25, -0.2) is 0 Å². The van der Waals surface area contributed by atoms with Crippen LogP contribution in [0.2, 0.25) is 0 Å². The van der Waals surface area contributed by atoms with E-state index < -0.39 is 0 Å². The van der Waals surface area contributed by atoms with Crippen molar-refractivity contribution in [1.82, 2.24) is 0 Å². The van der Waals surface area contributed by atoms with E-state index in [-0.39, 0.29) is 29.0 Å². The fraction of sp³-hybridized carbons (Fsp3) is 0.862. The van der Waals surface area contributed by atoms with Crippen LogP contribution in [0.15, 0.2) is 23.3 Å². The molecule has 4 aliphatic carbocycles. The Morgan fingerprint density at radius 1 is 1.03 bits per heavy atom. The Morgan fingerprint density at radius 2 is 1.74 bits per heavy atom. The molecule has 8 atom stereocenters. The fourth-order valence-electron chi connectivity index (χ4n) is 8.71. The average molecular weight is 429 g/mol. The first-order chi connectivity index (χ1) is 14.4. The van der Waals surface area contributed by atoms with E-state index in [0.29, 0.717) is 11.3 Å². The highest BCUT2D eigenvalue weighted by Gasteiger charge is 2.62. The second-order valence-electron chi connectivity index (χ2n) is 12.9. The van der Waals surface area contributed by atoms with Crippen LogP contribution in [0.1, 0.15) is 106 Å². The fourth-order valence-corrected chi connectivity index (χ4v) is 8.71. The van der Waals surface area contributed by atoms with Crippen molar-refractivity contribution in [3.63, 3.8) is 0 Å². The van der Waals surface area contributed by atoms with E-state index in [1.54, 1.807) is 11.1 Å². The molecule has 0 amide bonds. The van der Waals surface area contributed by atoms with Crippen molar-refractivity contribution in [3.05, 3.63) is 23.3 Å². The van der Waals surface area contributed by atoms with E-state index >= 15 is 0 Å². The number of hydrogen-bond donors (Lipinski definition) is 2. The molecule has 0 aromatic heterocycles. The first-order valence-corrected chi connectivity index (χ1v) is 13.2. The van der Waals surface area contributed by atoms with Crippen LogP contribution in [0.4, 0.5) is 0 Å². The summed E-state index contributed by atoms with van der Waals surface area (Å²) in [6, 6.07) is 0. The van der Waals surface area contributed by atoms with E-state index in [0.717, 1.165) is 43.9 Å². The molecule has 4 rings (SSSR count). The van der Waals surface area contributed by atoms with Crippen molar-refractivity contribution >= 4 is 0 Å². The molecule has 2 heteroatoms. The Balaban J connectivity index is 1.62. The molecule has 0 heterocycles. The predicted octanol–water partition coefficient (Wildman–Crippen LogP) is 7.06. The van der Waals surface area contributed by atoms with Gasteiger partial charge in [0, 0.05) is 0 Å².